The van der Waals surface area contributed by atoms with Crippen LogP contribution in [0, 0.1) is 0 Å². The van der Waals surface area contributed by atoms with E-state index in [9.17, 15) is 4.79 Å². The number of hydrogen-bond donors (Lipinski definition) is 1. The Morgan fingerprint density at radius 3 is 2.79 bits per heavy atom. The summed E-state index contributed by atoms with van der Waals surface area (Å²) in [5.41, 5.74) is 2.00. The molecule has 0 amide bonds. The highest BCUT2D eigenvalue weighted by atomic mass is 16.5. The van der Waals surface area contributed by atoms with Gasteiger partial charge in [0, 0.05) is 13.2 Å². The van der Waals surface area contributed by atoms with Gasteiger partial charge in [-0.2, -0.15) is 5.10 Å². The third kappa shape index (κ3) is 2.87. The topological polar surface area (TPSA) is 81.9 Å². The summed E-state index contributed by atoms with van der Waals surface area (Å²) in [7, 11) is 3.16. The number of ether oxygens (including phenoxy) is 1. The van der Waals surface area contributed by atoms with Crippen molar-refractivity contribution in [2.75, 3.05) is 12.4 Å². The van der Waals surface area contributed by atoms with E-state index in [1.165, 1.54) is 19.5 Å². The molecule has 0 aliphatic carbocycles. The maximum absolute atomic E-state index is 11.2. The number of hydrogen-bond acceptors (Lipinski definition) is 6. The highest BCUT2D eigenvalue weighted by Crippen LogP contribution is 2.18. The molecule has 0 radical (unpaired) electrons. The number of esters is 1. The Bertz CT molecular complexity index is 576. The lowest BCUT2D eigenvalue weighted by Gasteiger charge is -2.04. The molecule has 0 aliphatic heterocycles. The predicted octanol–water partition coefficient (Wildman–Crippen LogP) is 1.30. The van der Waals surface area contributed by atoms with E-state index in [1.807, 2.05) is 20.2 Å². The summed E-state index contributed by atoms with van der Waals surface area (Å²) < 4.78 is 6.29. The zero-order valence-electron chi connectivity index (χ0n) is 11.0. The molecule has 19 heavy (non-hydrogen) atoms. The molecule has 2 aromatic rings. The summed E-state index contributed by atoms with van der Waals surface area (Å²) in [4.78, 5) is 19.3. The van der Waals surface area contributed by atoms with Crippen molar-refractivity contribution >= 4 is 17.5 Å². The lowest BCUT2D eigenvalue weighted by atomic mass is 10.3. The summed E-state index contributed by atoms with van der Waals surface area (Å²) >= 11 is 0. The van der Waals surface area contributed by atoms with Crippen molar-refractivity contribution in [3.8, 4) is 0 Å². The Balaban J connectivity index is 2.17. The Hall–Kier alpha value is -2.44. The van der Waals surface area contributed by atoms with Crippen LogP contribution in [0.1, 0.15) is 23.1 Å². The van der Waals surface area contributed by atoms with E-state index in [1.54, 1.807) is 4.68 Å². The lowest BCUT2D eigenvalue weighted by Crippen LogP contribution is -2.05. The van der Waals surface area contributed by atoms with Crippen molar-refractivity contribution in [1.29, 1.82) is 0 Å². The highest BCUT2D eigenvalue weighted by molar-refractivity contribution is 5.86. The second-order valence-electron chi connectivity index (χ2n) is 3.92. The molecule has 2 heterocycles. The van der Waals surface area contributed by atoms with Gasteiger partial charge in [-0.05, 0) is 6.42 Å². The van der Waals surface area contributed by atoms with Crippen LogP contribution in [0.4, 0.5) is 11.5 Å². The lowest BCUT2D eigenvalue weighted by molar-refractivity contribution is 0.0593. The Labute approximate surface area is 110 Å². The first-order valence-electron chi connectivity index (χ1n) is 5.84. The first-order valence-corrected chi connectivity index (χ1v) is 5.84. The van der Waals surface area contributed by atoms with Crippen LogP contribution >= 0.6 is 0 Å². The number of nitrogens with one attached hydrogen (secondary N) is 1. The SMILES string of the molecule is CCc1nn(C)cc1Nc1cnc(C(=O)OC)cn1. The number of carbonyl (C=O) groups excluding carboxylic acids is 1. The van der Waals surface area contributed by atoms with E-state index >= 15 is 0 Å². The molecule has 100 valence electrons. The average Bonchev–Trinajstić information content (AvgIpc) is 2.78. The highest BCUT2D eigenvalue weighted by Gasteiger charge is 2.09. The van der Waals surface area contributed by atoms with Crippen LogP contribution in [0.2, 0.25) is 0 Å². The minimum absolute atomic E-state index is 0.176. The Kier molecular flexibility index (Phi) is 3.74. The van der Waals surface area contributed by atoms with Gasteiger partial charge in [-0.15, -0.1) is 0 Å². The van der Waals surface area contributed by atoms with Crippen molar-refractivity contribution in [3.05, 3.63) is 30.0 Å². The van der Waals surface area contributed by atoms with Crippen LogP contribution in [-0.4, -0.2) is 32.8 Å². The number of carbonyl (C=O) groups is 1. The van der Waals surface area contributed by atoms with E-state index in [4.69, 9.17) is 0 Å². The predicted molar refractivity (Wildman–Crippen MR) is 69.2 cm³/mol. The average molecular weight is 261 g/mol. The second kappa shape index (κ2) is 5.47. The molecule has 2 aromatic heterocycles. The van der Waals surface area contributed by atoms with Crippen molar-refractivity contribution < 1.29 is 9.53 Å². The maximum atomic E-state index is 11.2. The van der Waals surface area contributed by atoms with Gasteiger partial charge in [0.15, 0.2) is 5.69 Å². The first kappa shape index (κ1) is 13.0. The van der Waals surface area contributed by atoms with Gasteiger partial charge in [0.2, 0.25) is 0 Å². The number of methoxy groups -OCH3 is 1. The zero-order valence-corrected chi connectivity index (χ0v) is 11.0. The van der Waals surface area contributed by atoms with E-state index in [0.29, 0.717) is 5.82 Å². The number of nitrogens with zero attached hydrogens (tertiary/aromatic N) is 4. The zero-order chi connectivity index (χ0) is 13.8. The van der Waals surface area contributed by atoms with E-state index in [-0.39, 0.29) is 5.69 Å². The number of anilines is 2. The molecule has 0 atom stereocenters. The van der Waals surface area contributed by atoms with Crippen LogP contribution in [-0.2, 0) is 18.2 Å². The van der Waals surface area contributed by atoms with E-state index < -0.39 is 5.97 Å². The van der Waals surface area contributed by atoms with Gasteiger partial charge in [0.25, 0.3) is 0 Å². The van der Waals surface area contributed by atoms with Gasteiger partial charge in [0.05, 0.1) is 30.9 Å². The Morgan fingerprint density at radius 1 is 1.42 bits per heavy atom. The normalized spacial score (nSPS) is 10.3. The fraction of sp³-hybridized carbons (Fsp3) is 0.333. The number of aryl methyl sites for hydroxylation is 2. The fourth-order valence-corrected chi connectivity index (χ4v) is 1.64. The van der Waals surface area contributed by atoms with Crippen LogP contribution in [0.5, 0.6) is 0 Å². The Morgan fingerprint density at radius 2 is 2.21 bits per heavy atom. The van der Waals surface area contributed by atoms with Crippen molar-refractivity contribution in [2.45, 2.75) is 13.3 Å². The molecule has 7 nitrogen and oxygen atoms in total. The summed E-state index contributed by atoms with van der Waals surface area (Å²) in [6.07, 6.45) is 5.54. The summed E-state index contributed by atoms with van der Waals surface area (Å²) in [6.45, 7) is 2.03. The monoisotopic (exact) mass is 261 g/mol. The van der Waals surface area contributed by atoms with Crippen molar-refractivity contribution in [2.24, 2.45) is 7.05 Å². The van der Waals surface area contributed by atoms with Gasteiger partial charge < -0.3 is 10.1 Å². The van der Waals surface area contributed by atoms with Crippen LogP contribution in [0.25, 0.3) is 0 Å². The van der Waals surface area contributed by atoms with E-state index in [0.717, 1.165) is 17.8 Å². The fourth-order valence-electron chi connectivity index (χ4n) is 1.64. The maximum Gasteiger partial charge on any atom is 0.358 e. The third-order valence-electron chi connectivity index (χ3n) is 2.55. The molecule has 7 heteroatoms. The second-order valence-corrected chi connectivity index (χ2v) is 3.92. The minimum Gasteiger partial charge on any atom is -0.464 e. The molecule has 1 N–H and O–H groups in total. The van der Waals surface area contributed by atoms with Crippen LogP contribution < -0.4 is 5.32 Å². The summed E-state index contributed by atoms with van der Waals surface area (Å²) in [5, 5.41) is 7.44. The molecule has 0 aliphatic rings. The number of aromatic nitrogens is 4. The smallest absolute Gasteiger partial charge is 0.358 e. The molecular weight excluding hydrogens is 246 g/mol. The summed E-state index contributed by atoms with van der Waals surface area (Å²) in [5.74, 6) is 0.0463. The molecule has 2 rings (SSSR count). The quantitative estimate of drug-likeness (QED) is 0.835. The molecular formula is C12H15N5O2. The molecule has 0 saturated carbocycles. The largest absolute Gasteiger partial charge is 0.464 e. The van der Waals surface area contributed by atoms with E-state index in [2.05, 4.69) is 25.1 Å². The standard InChI is InChI=1S/C12H15N5O2/c1-4-8-10(7-17(2)16-8)15-11-6-13-9(5-14-11)12(18)19-3/h5-7H,4H2,1-3H3,(H,14,15). The van der Waals surface area contributed by atoms with Crippen LogP contribution in [0.15, 0.2) is 18.6 Å². The van der Waals surface area contributed by atoms with Crippen LogP contribution in [0.3, 0.4) is 0 Å². The molecule has 0 unspecified atom stereocenters. The molecule has 0 saturated heterocycles. The summed E-state index contributed by atoms with van der Waals surface area (Å²) in [6, 6.07) is 0. The number of rotatable bonds is 4. The van der Waals surface area contributed by atoms with Crippen molar-refractivity contribution in [1.82, 2.24) is 19.7 Å². The third-order valence-corrected chi connectivity index (χ3v) is 2.55. The molecule has 0 fully saturated rings. The van der Waals surface area contributed by atoms with Gasteiger partial charge in [-0.25, -0.2) is 14.8 Å². The van der Waals surface area contributed by atoms with Gasteiger partial charge in [-0.3, -0.25) is 4.68 Å². The molecule has 0 spiro atoms. The van der Waals surface area contributed by atoms with Gasteiger partial charge in [0.1, 0.15) is 5.82 Å². The molecule has 0 bridgehead atoms. The van der Waals surface area contributed by atoms with Gasteiger partial charge in [-0.1, -0.05) is 6.92 Å². The minimum atomic E-state index is -0.505. The van der Waals surface area contributed by atoms with Crippen molar-refractivity contribution in [3.63, 3.8) is 0 Å². The first-order chi connectivity index (χ1) is 9.13. The molecule has 0 aromatic carbocycles. The van der Waals surface area contributed by atoms with Gasteiger partial charge >= 0.3 is 5.97 Å².